The largest absolute Gasteiger partial charge is 0.378 e. The molecule has 0 atom stereocenters. The Morgan fingerprint density at radius 1 is 1.19 bits per heavy atom. The summed E-state index contributed by atoms with van der Waals surface area (Å²) in [4.78, 5) is 26.2. The zero-order valence-electron chi connectivity index (χ0n) is 15.8. The van der Waals surface area contributed by atoms with E-state index in [1.54, 1.807) is 29.2 Å². The minimum atomic E-state index is -3.64. The van der Waals surface area contributed by atoms with E-state index in [1.807, 2.05) is 6.92 Å². The van der Waals surface area contributed by atoms with E-state index in [1.165, 1.54) is 0 Å². The molecule has 1 aromatic rings. The van der Waals surface area contributed by atoms with E-state index in [0.717, 1.165) is 23.4 Å². The molecule has 0 aliphatic carbocycles. The van der Waals surface area contributed by atoms with Gasteiger partial charge in [-0.15, -0.1) is 0 Å². The molecular weight excluding hydrogens is 370 g/mol. The van der Waals surface area contributed by atoms with E-state index in [2.05, 4.69) is 5.32 Å². The number of amides is 2. The number of hydrogen-bond donors (Lipinski definition) is 1. The Labute approximate surface area is 160 Å². The van der Waals surface area contributed by atoms with E-state index in [4.69, 9.17) is 4.74 Å². The fraction of sp³-hybridized carbons (Fsp3) is 0.556. The summed E-state index contributed by atoms with van der Waals surface area (Å²) in [7, 11) is -3.64. The van der Waals surface area contributed by atoms with Gasteiger partial charge in [-0.25, -0.2) is 8.42 Å². The van der Waals surface area contributed by atoms with Crippen molar-refractivity contribution in [2.75, 3.05) is 50.0 Å². The van der Waals surface area contributed by atoms with Gasteiger partial charge in [-0.2, -0.15) is 0 Å². The fourth-order valence-corrected chi connectivity index (χ4v) is 3.57. The third-order valence-electron chi connectivity index (χ3n) is 4.24. The molecule has 0 saturated carbocycles. The summed E-state index contributed by atoms with van der Waals surface area (Å²) < 4.78 is 30.5. The number of carbonyl (C=O) groups is 2. The number of benzene rings is 1. The van der Waals surface area contributed by atoms with Gasteiger partial charge in [0.1, 0.15) is 6.54 Å². The monoisotopic (exact) mass is 397 g/mol. The molecule has 8 nitrogen and oxygen atoms in total. The van der Waals surface area contributed by atoms with E-state index >= 15 is 0 Å². The van der Waals surface area contributed by atoms with Crippen molar-refractivity contribution in [1.29, 1.82) is 0 Å². The number of morpholine rings is 1. The lowest BCUT2D eigenvalue weighted by atomic mass is 10.1. The third-order valence-corrected chi connectivity index (χ3v) is 5.38. The molecule has 9 heteroatoms. The van der Waals surface area contributed by atoms with Crippen LogP contribution in [0.4, 0.5) is 5.69 Å². The van der Waals surface area contributed by atoms with Gasteiger partial charge < -0.3 is 15.0 Å². The number of nitrogens with zero attached hydrogens (tertiary/aromatic N) is 2. The molecule has 1 saturated heterocycles. The number of nitrogens with one attached hydrogen (secondary N) is 1. The van der Waals surface area contributed by atoms with Crippen molar-refractivity contribution in [3.05, 3.63) is 29.8 Å². The minimum absolute atomic E-state index is 0.118. The Kier molecular flexibility index (Phi) is 7.61. The molecule has 0 bridgehead atoms. The second-order valence-corrected chi connectivity index (χ2v) is 8.33. The Hall–Kier alpha value is -2.13. The summed E-state index contributed by atoms with van der Waals surface area (Å²) in [6.45, 7) is 4.33. The molecule has 27 heavy (non-hydrogen) atoms. The summed E-state index contributed by atoms with van der Waals surface area (Å²) in [5.74, 6) is -0.476. The Bertz CT molecular complexity index is 743. The first-order valence-corrected chi connectivity index (χ1v) is 10.9. The number of unbranched alkanes of at least 4 members (excludes halogenated alkanes) is 1. The quantitative estimate of drug-likeness (QED) is 0.656. The SMILES string of the molecule is CCCCNC(=O)CN(c1ccc(C(=O)N2CCOCC2)cc1)S(C)(=O)=O. The fourth-order valence-electron chi connectivity index (χ4n) is 2.71. The average Bonchev–Trinajstić information content (AvgIpc) is 2.66. The number of ether oxygens (including phenoxy) is 1. The van der Waals surface area contributed by atoms with Crippen molar-refractivity contribution in [2.45, 2.75) is 19.8 Å². The van der Waals surface area contributed by atoms with Crippen LogP contribution in [0, 0.1) is 0 Å². The molecular formula is C18H27N3O5S. The molecule has 0 aromatic heterocycles. The highest BCUT2D eigenvalue weighted by molar-refractivity contribution is 7.92. The molecule has 1 aliphatic rings. The van der Waals surface area contributed by atoms with Crippen LogP contribution in [0.1, 0.15) is 30.1 Å². The molecule has 2 amide bonds. The van der Waals surface area contributed by atoms with Gasteiger partial charge >= 0.3 is 0 Å². The first-order valence-electron chi connectivity index (χ1n) is 9.04. The van der Waals surface area contributed by atoms with Crippen LogP contribution in [0.25, 0.3) is 0 Å². The van der Waals surface area contributed by atoms with Crippen molar-refractivity contribution in [3.63, 3.8) is 0 Å². The van der Waals surface area contributed by atoms with Crippen LogP contribution in [0.2, 0.25) is 0 Å². The molecule has 0 spiro atoms. The predicted octanol–water partition coefficient (Wildman–Crippen LogP) is 0.841. The summed E-state index contributed by atoms with van der Waals surface area (Å²) >= 11 is 0. The van der Waals surface area contributed by atoms with Gasteiger partial charge in [-0.3, -0.25) is 13.9 Å². The maximum Gasteiger partial charge on any atom is 0.254 e. The van der Waals surface area contributed by atoms with Crippen molar-refractivity contribution in [1.82, 2.24) is 10.2 Å². The number of carbonyl (C=O) groups excluding carboxylic acids is 2. The van der Waals surface area contributed by atoms with Crippen LogP contribution in [0.15, 0.2) is 24.3 Å². The topological polar surface area (TPSA) is 96.0 Å². The highest BCUT2D eigenvalue weighted by Gasteiger charge is 2.22. The number of hydrogen-bond acceptors (Lipinski definition) is 5. The van der Waals surface area contributed by atoms with Gasteiger partial charge in [0, 0.05) is 25.2 Å². The van der Waals surface area contributed by atoms with Gasteiger partial charge in [0.15, 0.2) is 0 Å². The van der Waals surface area contributed by atoms with E-state index in [0.29, 0.717) is 44.1 Å². The summed E-state index contributed by atoms with van der Waals surface area (Å²) in [5.41, 5.74) is 0.822. The van der Waals surface area contributed by atoms with Crippen molar-refractivity contribution in [2.24, 2.45) is 0 Å². The highest BCUT2D eigenvalue weighted by atomic mass is 32.2. The maximum absolute atomic E-state index is 12.5. The van der Waals surface area contributed by atoms with Crippen LogP contribution < -0.4 is 9.62 Å². The molecule has 0 unspecified atom stereocenters. The van der Waals surface area contributed by atoms with E-state index in [9.17, 15) is 18.0 Å². The smallest absolute Gasteiger partial charge is 0.254 e. The van der Waals surface area contributed by atoms with Crippen LogP contribution in [0.3, 0.4) is 0 Å². The molecule has 1 fully saturated rings. The van der Waals surface area contributed by atoms with Gasteiger partial charge in [-0.1, -0.05) is 13.3 Å². The first kappa shape index (κ1) is 21.2. The zero-order chi connectivity index (χ0) is 19.9. The van der Waals surface area contributed by atoms with Gasteiger partial charge in [0.25, 0.3) is 5.91 Å². The lowest BCUT2D eigenvalue weighted by molar-refractivity contribution is -0.119. The van der Waals surface area contributed by atoms with Crippen molar-refractivity contribution in [3.8, 4) is 0 Å². The third kappa shape index (κ3) is 6.21. The maximum atomic E-state index is 12.5. The lowest BCUT2D eigenvalue weighted by Gasteiger charge is -2.27. The molecule has 1 aromatic carbocycles. The molecule has 2 rings (SSSR count). The molecule has 1 aliphatic heterocycles. The van der Waals surface area contributed by atoms with Crippen LogP contribution in [-0.4, -0.2) is 70.8 Å². The van der Waals surface area contributed by atoms with Gasteiger partial charge in [0.2, 0.25) is 15.9 Å². The summed E-state index contributed by atoms with van der Waals surface area (Å²) in [5, 5.41) is 2.71. The standard InChI is InChI=1S/C18H27N3O5S/c1-3-4-9-19-17(22)14-21(27(2,24)25)16-7-5-15(6-8-16)18(23)20-10-12-26-13-11-20/h5-8H,3-4,9-14H2,1-2H3,(H,19,22). The number of rotatable bonds is 8. The van der Waals surface area contributed by atoms with E-state index in [-0.39, 0.29) is 18.4 Å². The molecule has 150 valence electrons. The zero-order valence-corrected chi connectivity index (χ0v) is 16.6. The molecule has 1 N–H and O–H groups in total. The van der Waals surface area contributed by atoms with Gasteiger partial charge in [0.05, 0.1) is 25.2 Å². The Morgan fingerprint density at radius 2 is 1.81 bits per heavy atom. The van der Waals surface area contributed by atoms with Gasteiger partial charge in [-0.05, 0) is 30.7 Å². The molecule has 0 radical (unpaired) electrons. The van der Waals surface area contributed by atoms with Crippen LogP contribution in [0.5, 0.6) is 0 Å². The van der Waals surface area contributed by atoms with Crippen LogP contribution >= 0.6 is 0 Å². The van der Waals surface area contributed by atoms with Crippen LogP contribution in [-0.2, 0) is 19.6 Å². The minimum Gasteiger partial charge on any atom is -0.378 e. The number of anilines is 1. The van der Waals surface area contributed by atoms with E-state index < -0.39 is 10.0 Å². The normalized spacial score (nSPS) is 14.7. The second-order valence-electron chi connectivity index (χ2n) is 6.42. The Balaban J connectivity index is 2.10. The van der Waals surface area contributed by atoms with Crippen molar-refractivity contribution < 1.29 is 22.7 Å². The second kappa shape index (κ2) is 9.70. The number of sulfonamides is 1. The average molecular weight is 397 g/mol. The lowest BCUT2D eigenvalue weighted by Crippen LogP contribution is -2.41. The summed E-state index contributed by atoms with van der Waals surface area (Å²) in [6, 6.07) is 6.27. The highest BCUT2D eigenvalue weighted by Crippen LogP contribution is 2.19. The predicted molar refractivity (Wildman–Crippen MR) is 103 cm³/mol. The molecule has 1 heterocycles. The van der Waals surface area contributed by atoms with Crippen molar-refractivity contribution >= 4 is 27.5 Å². The summed E-state index contributed by atoms with van der Waals surface area (Å²) in [6.07, 6.45) is 2.83. The Morgan fingerprint density at radius 3 is 2.37 bits per heavy atom. The first-order chi connectivity index (χ1) is 12.8.